The number of aryl methyl sites for hydroxylation is 1. The van der Waals surface area contributed by atoms with Crippen molar-refractivity contribution in [3.8, 4) is 0 Å². The summed E-state index contributed by atoms with van der Waals surface area (Å²) in [6, 6.07) is 7.88. The number of benzene rings is 1. The average Bonchev–Trinajstić information content (AvgIpc) is 2.66. The highest BCUT2D eigenvalue weighted by Gasteiger charge is 2.14. The number of hydrogen-bond donors (Lipinski definition) is 2. The summed E-state index contributed by atoms with van der Waals surface area (Å²) in [4.78, 5) is 24.2. The van der Waals surface area contributed by atoms with E-state index in [0.29, 0.717) is 18.0 Å². The minimum atomic E-state index is -0.0184. The Hall–Kier alpha value is -1.68. The number of unbranched alkanes of at least 4 members (excludes halogenated alkanes) is 2. The van der Waals surface area contributed by atoms with Crippen molar-refractivity contribution in [2.45, 2.75) is 58.3 Å². The number of nitrogens with one attached hydrogen (secondary N) is 2. The lowest BCUT2D eigenvalue weighted by Crippen LogP contribution is -2.38. The van der Waals surface area contributed by atoms with E-state index in [1.54, 1.807) is 0 Å². The largest absolute Gasteiger partial charge is 0.356 e. The number of ketones is 1. The number of hydrogen-bond acceptors (Lipinski definition) is 3. The van der Waals surface area contributed by atoms with Crippen LogP contribution in [0.15, 0.2) is 24.3 Å². The minimum Gasteiger partial charge on any atom is -0.356 e. The zero-order chi connectivity index (χ0) is 17.9. The third kappa shape index (κ3) is 7.39. The molecule has 2 rings (SSSR count). The SMILES string of the molecule is CCCCCc1ccc(C(=O)CCC(=O)NCC2CCCNC2)cc1. The molecule has 25 heavy (non-hydrogen) atoms. The van der Waals surface area contributed by atoms with Crippen LogP contribution in [0, 0.1) is 5.92 Å². The second-order valence-electron chi connectivity index (χ2n) is 7.09. The third-order valence-corrected chi connectivity index (χ3v) is 4.91. The Bertz CT molecular complexity index is 533. The first-order valence-electron chi connectivity index (χ1n) is 9.78. The van der Waals surface area contributed by atoms with Crippen LogP contribution in [0.25, 0.3) is 0 Å². The van der Waals surface area contributed by atoms with E-state index in [2.05, 4.69) is 17.6 Å². The van der Waals surface area contributed by atoms with Crippen LogP contribution >= 0.6 is 0 Å². The normalized spacial score (nSPS) is 17.2. The van der Waals surface area contributed by atoms with Gasteiger partial charge in [0.2, 0.25) is 5.91 Å². The van der Waals surface area contributed by atoms with Crippen LogP contribution in [0.3, 0.4) is 0 Å². The van der Waals surface area contributed by atoms with Crippen molar-refractivity contribution in [1.29, 1.82) is 0 Å². The molecule has 1 amide bonds. The van der Waals surface area contributed by atoms with Crippen molar-refractivity contribution in [2.75, 3.05) is 19.6 Å². The molecule has 1 aliphatic rings. The van der Waals surface area contributed by atoms with Gasteiger partial charge in [-0.1, -0.05) is 44.0 Å². The fourth-order valence-corrected chi connectivity index (χ4v) is 3.25. The maximum Gasteiger partial charge on any atom is 0.220 e. The van der Waals surface area contributed by atoms with Gasteiger partial charge in [-0.15, -0.1) is 0 Å². The molecule has 0 radical (unpaired) electrons. The molecule has 0 spiro atoms. The van der Waals surface area contributed by atoms with Gasteiger partial charge in [-0.25, -0.2) is 0 Å². The highest BCUT2D eigenvalue weighted by atomic mass is 16.2. The molecule has 1 atom stereocenters. The van der Waals surface area contributed by atoms with Gasteiger partial charge in [0.05, 0.1) is 0 Å². The van der Waals surface area contributed by atoms with E-state index >= 15 is 0 Å². The van der Waals surface area contributed by atoms with Crippen molar-refractivity contribution >= 4 is 11.7 Å². The van der Waals surface area contributed by atoms with Gasteiger partial charge >= 0.3 is 0 Å². The number of rotatable bonds is 10. The third-order valence-electron chi connectivity index (χ3n) is 4.91. The Morgan fingerprint density at radius 3 is 2.64 bits per heavy atom. The topological polar surface area (TPSA) is 58.2 Å². The van der Waals surface area contributed by atoms with E-state index in [9.17, 15) is 9.59 Å². The van der Waals surface area contributed by atoms with E-state index in [0.717, 1.165) is 25.9 Å². The Kier molecular flexibility index (Phi) is 8.67. The van der Waals surface area contributed by atoms with E-state index in [4.69, 9.17) is 0 Å². The first-order chi connectivity index (χ1) is 12.2. The number of Topliss-reactive ketones (excluding diaryl/α,β-unsaturated/α-hetero) is 1. The average molecular weight is 344 g/mol. The van der Waals surface area contributed by atoms with Crippen molar-refractivity contribution in [3.63, 3.8) is 0 Å². The molecular formula is C21H32N2O2. The first kappa shape index (κ1) is 19.6. The molecule has 1 aromatic carbocycles. The zero-order valence-electron chi connectivity index (χ0n) is 15.5. The van der Waals surface area contributed by atoms with Gasteiger partial charge in [-0.2, -0.15) is 0 Å². The molecule has 1 saturated heterocycles. The smallest absolute Gasteiger partial charge is 0.220 e. The standard InChI is InChI=1S/C21H32N2O2/c1-2-3-4-6-17-8-10-19(11-9-17)20(24)12-13-21(25)23-16-18-7-5-14-22-15-18/h8-11,18,22H,2-7,12-16H2,1H3,(H,23,25). The molecule has 0 aromatic heterocycles. The highest BCUT2D eigenvalue weighted by Crippen LogP contribution is 2.12. The molecule has 0 bridgehead atoms. The fourth-order valence-electron chi connectivity index (χ4n) is 3.25. The summed E-state index contributed by atoms with van der Waals surface area (Å²) in [6.07, 6.45) is 7.62. The van der Waals surface area contributed by atoms with Crippen molar-refractivity contribution in [1.82, 2.24) is 10.6 Å². The van der Waals surface area contributed by atoms with Crippen LogP contribution in [-0.2, 0) is 11.2 Å². The predicted octanol–water partition coefficient (Wildman–Crippen LogP) is 3.50. The summed E-state index contributed by atoms with van der Waals surface area (Å²) < 4.78 is 0. The number of carbonyl (C=O) groups is 2. The zero-order valence-corrected chi connectivity index (χ0v) is 15.5. The number of piperidine rings is 1. The molecule has 1 heterocycles. The summed E-state index contributed by atoms with van der Waals surface area (Å²) in [7, 11) is 0. The van der Waals surface area contributed by atoms with E-state index < -0.39 is 0 Å². The van der Waals surface area contributed by atoms with Gasteiger partial charge in [0.1, 0.15) is 0 Å². The lowest BCUT2D eigenvalue weighted by molar-refractivity contribution is -0.121. The van der Waals surface area contributed by atoms with Gasteiger partial charge in [-0.05, 0) is 50.3 Å². The monoisotopic (exact) mass is 344 g/mol. The van der Waals surface area contributed by atoms with Crippen LogP contribution < -0.4 is 10.6 Å². The maximum absolute atomic E-state index is 12.2. The Morgan fingerprint density at radius 2 is 1.96 bits per heavy atom. The van der Waals surface area contributed by atoms with Crippen LogP contribution in [0.2, 0.25) is 0 Å². The van der Waals surface area contributed by atoms with E-state index in [1.807, 2.05) is 24.3 Å². The molecule has 1 fully saturated rings. The molecule has 2 N–H and O–H groups in total. The highest BCUT2D eigenvalue weighted by molar-refractivity contribution is 5.97. The van der Waals surface area contributed by atoms with Gasteiger partial charge in [-0.3, -0.25) is 9.59 Å². The molecule has 1 aliphatic heterocycles. The summed E-state index contributed by atoms with van der Waals surface area (Å²) in [5.74, 6) is 0.554. The van der Waals surface area contributed by atoms with Crippen molar-refractivity contribution < 1.29 is 9.59 Å². The molecule has 0 aliphatic carbocycles. The van der Waals surface area contributed by atoms with Gasteiger partial charge < -0.3 is 10.6 Å². The second kappa shape index (κ2) is 11.0. The molecule has 4 nitrogen and oxygen atoms in total. The fraction of sp³-hybridized carbons (Fsp3) is 0.619. The van der Waals surface area contributed by atoms with Gasteiger partial charge in [0.15, 0.2) is 5.78 Å². The molecule has 138 valence electrons. The van der Waals surface area contributed by atoms with Crippen LogP contribution in [0.4, 0.5) is 0 Å². The quantitative estimate of drug-likeness (QED) is 0.504. The lowest BCUT2D eigenvalue weighted by Gasteiger charge is -2.22. The summed E-state index contributed by atoms with van der Waals surface area (Å²) in [5, 5.41) is 6.31. The van der Waals surface area contributed by atoms with E-state index in [1.165, 1.54) is 31.2 Å². The minimum absolute atomic E-state index is 0.0184. The summed E-state index contributed by atoms with van der Waals surface area (Å²) in [5.41, 5.74) is 1.99. The molecule has 1 aromatic rings. The van der Waals surface area contributed by atoms with Crippen molar-refractivity contribution in [3.05, 3.63) is 35.4 Å². The molecule has 4 heteroatoms. The molecular weight excluding hydrogens is 312 g/mol. The second-order valence-corrected chi connectivity index (χ2v) is 7.09. The summed E-state index contributed by atoms with van der Waals surface area (Å²) in [6.45, 7) is 4.97. The first-order valence-corrected chi connectivity index (χ1v) is 9.78. The Morgan fingerprint density at radius 1 is 1.16 bits per heavy atom. The maximum atomic E-state index is 12.2. The Balaban J connectivity index is 1.67. The number of amides is 1. The van der Waals surface area contributed by atoms with Crippen LogP contribution in [0.1, 0.15) is 67.8 Å². The molecule has 0 saturated carbocycles. The van der Waals surface area contributed by atoms with Crippen molar-refractivity contribution in [2.24, 2.45) is 5.92 Å². The van der Waals surface area contributed by atoms with Crippen LogP contribution in [0.5, 0.6) is 0 Å². The lowest BCUT2D eigenvalue weighted by atomic mass is 9.99. The van der Waals surface area contributed by atoms with Gasteiger partial charge in [0.25, 0.3) is 0 Å². The molecule has 1 unspecified atom stereocenters. The van der Waals surface area contributed by atoms with E-state index in [-0.39, 0.29) is 24.5 Å². The van der Waals surface area contributed by atoms with Gasteiger partial charge in [0, 0.05) is 24.9 Å². The Labute approximate surface area is 151 Å². The summed E-state index contributed by atoms with van der Waals surface area (Å²) >= 11 is 0. The number of carbonyl (C=O) groups excluding carboxylic acids is 2. The van der Waals surface area contributed by atoms with Crippen LogP contribution in [-0.4, -0.2) is 31.3 Å². The predicted molar refractivity (Wildman–Crippen MR) is 102 cm³/mol.